The lowest BCUT2D eigenvalue weighted by atomic mass is 9.94. The van der Waals surface area contributed by atoms with Crippen molar-refractivity contribution in [2.45, 2.75) is 12.5 Å². The zero-order valence-electron chi connectivity index (χ0n) is 22.2. The van der Waals surface area contributed by atoms with Crippen LogP contribution in [0.5, 0.6) is 17.2 Å². The molecule has 3 aromatic carbocycles. The van der Waals surface area contributed by atoms with E-state index in [4.69, 9.17) is 14.2 Å². The molecule has 3 aromatic rings. The molecular formula is C30H32N2O6. The maximum Gasteiger partial charge on any atom is 0.295 e. The third-order valence-electron chi connectivity index (χ3n) is 6.72. The van der Waals surface area contributed by atoms with Crippen LogP contribution in [0, 0.1) is 0 Å². The first kappa shape index (κ1) is 26.6. The summed E-state index contributed by atoms with van der Waals surface area (Å²) in [6, 6.07) is 19.3. The summed E-state index contributed by atoms with van der Waals surface area (Å²) in [7, 11) is 8.49. The summed E-state index contributed by atoms with van der Waals surface area (Å²) in [6.07, 6.45) is 0.527. The molecule has 1 N–H and O–H groups in total. The van der Waals surface area contributed by atoms with Gasteiger partial charge in [-0.25, -0.2) is 0 Å². The molecule has 38 heavy (non-hydrogen) atoms. The molecule has 0 bridgehead atoms. The molecule has 198 valence electrons. The second kappa shape index (κ2) is 11.3. The Labute approximate surface area is 222 Å². The van der Waals surface area contributed by atoms with Gasteiger partial charge in [0.25, 0.3) is 11.7 Å². The van der Waals surface area contributed by atoms with Crippen LogP contribution in [0.15, 0.2) is 72.3 Å². The van der Waals surface area contributed by atoms with Crippen molar-refractivity contribution in [3.05, 3.63) is 89.0 Å². The second-order valence-corrected chi connectivity index (χ2v) is 9.15. The smallest absolute Gasteiger partial charge is 0.295 e. The summed E-state index contributed by atoms with van der Waals surface area (Å²) in [5.41, 5.74) is 3.09. The van der Waals surface area contributed by atoms with Crippen molar-refractivity contribution in [3.8, 4) is 17.2 Å². The summed E-state index contributed by atoms with van der Waals surface area (Å²) < 4.78 is 15.9. The lowest BCUT2D eigenvalue weighted by Gasteiger charge is -2.26. The quantitative estimate of drug-likeness (QED) is 0.256. The highest BCUT2D eigenvalue weighted by atomic mass is 16.5. The van der Waals surface area contributed by atoms with Crippen LogP contribution < -0.4 is 19.1 Å². The number of amides is 1. The number of likely N-dealkylation sites (tertiary alicyclic amines) is 1. The van der Waals surface area contributed by atoms with Gasteiger partial charge in [-0.05, 0) is 60.0 Å². The minimum absolute atomic E-state index is 0.0366. The van der Waals surface area contributed by atoms with E-state index in [9.17, 15) is 14.7 Å². The number of ether oxygens (including phenoxy) is 3. The molecule has 1 fully saturated rings. The maximum absolute atomic E-state index is 13.4. The van der Waals surface area contributed by atoms with E-state index in [2.05, 4.69) is 0 Å². The standard InChI is InChI=1S/C30H32N2O6/c1-31(2)22-11-8-20(9-12-22)27-26(28(33)21-10-15-24(37-4)25(18-21)38-5)29(34)30(35)32(27)17-16-19-6-13-23(36-3)14-7-19/h6-15,18,27,33H,16-17H2,1-5H3/b28-26-. The summed E-state index contributed by atoms with van der Waals surface area (Å²) >= 11 is 0. The van der Waals surface area contributed by atoms with Gasteiger partial charge in [-0.15, -0.1) is 0 Å². The van der Waals surface area contributed by atoms with Gasteiger partial charge in [0.1, 0.15) is 11.5 Å². The SMILES string of the molecule is COc1ccc(CCN2C(=O)C(=O)/C(=C(\O)c3ccc(OC)c(OC)c3)C2c2ccc(N(C)C)cc2)cc1. The van der Waals surface area contributed by atoms with E-state index < -0.39 is 17.7 Å². The number of anilines is 1. The largest absolute Gasteiger partial charge is 0.507 e. The van der Waals surface area contributed by atoms with Crippen molar-refractivity contribution in [2.24, 2.45) is 0 Å². The molecule has 1 unspecified atom stereocenters. The molecule has 0 saturated carbocycles. The molecule has 4 rings (SSSR count). The van der Waals surface area contributed by atoms with Gasteiger partial charge >= 0.3 is 0 Å². The van der Waals surface area contributed by atoms with Crippen molar-refractivity contribution in [3.63, 3.8) is 0 Å². The predicted octanol–water partition coefficient (Wildman–Crippen LogP) is 4.44. The fraction of sp³-hybridized carbons (Fsp3) is 0.267. The fourth-order valence-corrected chi connectivity index (χ4v) is 4.59. The van der Waals surface area contributed by atoms with E-state index in [1.807, 2.05) is 67.5 Å². The van der Waals surface area contributed by atoms with Crippen molar-refractivity contribution >= 4 is 23.1 Å². The molecule has 1 aliphatic rings. The molecule has 0 spiro atoms. The molecule has 8 heteroatoms. The zero-order chi connectivity index (χ0) is 27.4. The number of nitrogens with zero attached hydrogens (tertiary/aromatic N) is 2. The first-order valence-electron chi connectivity index (χ1n) is 12.2. The molecule has 8 nitrogen and oxygen atoms in total. The lowest BCUT2D eigenvalue weighted by molar-refractivity contribution is -0.139. The molecule has 1 atom stereocenters. The number of carbonyl (C=O) groups excluding carboxylic acids is 2. The number of methoxy groups -OCH3 is 3. The molecule has 1 aliphatic heterocycles. The number of aliphatic hydroxyl groups excluding tert-OH is 1. The molecular weight excluding hydrogens is 484 g/mol. The van der Waals surface area contributed by atoms with Gasteiger partial charge < -0.3 is 29.1 Å². The number of aliphatic hydroxyl groups is 1. The van der Waals surface area contributed by atoms with Crippen molar-refractivity contribution < 1.29 is 28.9 Å². The van der Waals surface area contributed by atoms with E-state index in [-0.39, 0.29) is 11.3 Å². The summed E-state index contributed by atoms with van der Waals surface area (Å²) in [4.78, 5) is 30.2. The van der Waals surface area contributed by atoms with Crippen LogP contribution in [-0.4, -0.2) is 63.7 Å². The van der Waals surface area contributed by atoms with Gasteiger partial charge in [0.05, 0.1) is 32.9 Å². The van der Waals surface area contributed by atoms with Crippen molar-refractivity contribution in [2.75, 3.05) is 46.9 Å². The normalized spacial score (nSPS) is 16.4. The average molecular weight is 517 g/mol. The van der Waals surface area contributed by atoms with Crippen LogP contribution in [-0.2, 0) is 16.0 Å². The monoisotopic (exact) mass is 516 g/mol. The minimum Gasteiger partial charge on any atom is -0.507 e. The summed E-state index contributed by atoms with van der Waals surface area (Å²) in [5.74, 6) is -0.0176. The Kier molecular flexibility index (Phi) is 7.90. The Morgan fingerprint density at radius 3 is 2.11 bits per heavy atom. The van der Waals surface area contributed by atoms with Gasteiger partial charge in [0.2, 0.25) is 0 Å². The first-order chi connectivity index (χ1) is 18.3. The Morgan fingerprint density at radius 1 is 0.868 bits per heavy atom. The molecule has 1 saturated heterocycles. The highest BCUT2D eigenvalue weighted by molar-refractivity contribution is 6.46. The Morgan fingerprint density at radius 2 is 1.53 bits per heavy atom. The Bertz CT molecular complexity index is 1350. The predicted molar refractivity (Wildman–Crippen MR) is 146 cm³/mol. The number of Topliss-reactive ketones (excluding diaryl/α,β-unsaturated/α-hetero) is 1. The number of benzene rings is 3. The lowest BCUT2D eigenvalue weighted by Crippen LogP contribution is -2.31. The van der Waals surface area contributed by atoms with E-state index in [1.54, 1.807) is 25.3 Å². The zero-order valence-corrected chi connectivity index (χ0v) is 22.2. The fourth-order valence-electron chi connectivity index (χ4n) is 4.59. The summed E-state index contributed by atoms with van der Waals surface area (Å²) in [6.45, 7) is 0.291. The van der Waals surface area contributed by atoms with Crippen LogP contribution in [0.4, 0.5) is 5.69 Å². The number of hydrogen-bond acceptors (Lipinski definition) is 7. The molecule has 1 amide bonds. The van der Waals surface area contributed by atoms with Crippen LogP contribution in [0.1, 0.15) is 22.7 Å². The molecule has 1 heterocycles. The third-order valence-corrected chi connectivity index (χ3v) is 6.72. The van der Waals surface area contributed by atoms with Crippen molar-refractivity contribution in [1.29, 1.82) is 0 Å². The summed E-state index contributed by atoms with van der Waals surface area (Å²) in [5, 5.41) is 11.4. The molecule has 0 radical (unpaired) electrons. The van der Waals surface area contributed by atoms with Crippen LogP contribution >= 0.6 is 0 Å². The van der Waals surface area contributed by atoms with Crippen molar-refractivity contribution in [1.82, 2.24) is 4.90 Å². The number of carbonyl (C=O) groups is 2. The minimum atomic E-state index is -0.752. The topological polar surface area (TPSA) is 88.5 Å². The van der Waals surface area contributed by atoms with Crippen LogP contribution in [0.25, 0.3) is 5.76 Å². The highest BCUT2D eigenvalue weighted by Crippen LogP contribution is 2.41. The highest BCUT2D eigenvalue weighted by Gasteiger charge is 2.45. The van der Waals surface area contributed by atoms with Gasteiger partial charge in [0.15, 0.2) is 11.5 Å². The Balaban J connectivity index is 1.77. The van der Waals surface area contributed by atoms with E-state index >= 15 is 0 Å². The maximum atomic E-state index is 13.4. The van der Waals surface area contributed by atoms with Gasteiger partial charge in [0, 0.05) is 31.9 Å². The third kappa shape index (κ3) is 5.16. The number of ketones is 1. The molecule has 0 aliphatic carbocycles. The number of rotatable bonds is 9. The van der Waals surface area contributed by atoms with Crippen LogP contribution in [0.2, 0.25) is 0 Å². The van der Waals surface area contributed by atoms with E-state index in [0.717, 1.165) is 22.6 Å². The van der Waals surface area contributed by atoms with Gasteiger partial charge in [-0.3, -0.25) is 9.59 Å². The molecule has 0 aromatic heterocycles. The van der Waals surface area contributed by atoms with E-state index in [1.165, 1.54) is 19.1 Å². The van der Waals surface area contributed by atoms with Gasteiger partial charge in [-0.1, -0.05) is 24.3 Å². The Hall–Kier alpha value is -4.46. The van der Waals surface area contributed by atoms with Crippen LogP contribution in [0.3, 0.4) is 0 Å². The average Bonchev–Trinajstić information content (AvgIpc) is 3.20. The van der Waals surface area contributed by atoms with Gasteiger partial charge in [-0.2, -0.15) is 0 Å². The number of hydrogen-bond donors (Lipinski definition) is 1. The van der Waals surface area contributed by atoms with E-state index in [0.29, 0.717) is 30.0 Å². The first-order valence-corrected chi connectivity index (χ1v) is 12.2. The second-order valence-electron chi connectivity index (χ2n) is 9.15.